The highest BCUT2D eigenvalue weighted by atomic mass is 32.1. The molecule has 0 spiro atoms. The Bertz CT molecular complexity index is 1040. The van der Waals surface area contributed by atoms with Gasteiger partial charge in [-0.05, 0) is 30.3 Å². The second-order valence-electron chi connectivity index (χ2n) is 6.24. The van der Waals surface area contributed by atoms with E-state index in [1.54, 1.807) is 37.4 Å². The van der Waals surface area contributed by atoms with Crippen LogP contribution in [0.15, 0.2) is 41.9 Å². The fraction of sp³-hybridized carbons (Fsp3) is 0.227. The van der Waals surface area contributed by atoms with Gasteiger partial charge in [0.2, 0.25) is 11.7 Å². The zero-order valence-electron chi connectivity index (χ0n) is 17.1. The van der Waals surface area contributed by atoms with Crippen LogP contribution >= 0.6 is 11.3 Å². The van der Waals surface area contributed by atoms with E-state index in [-0.39, 0.29) is 11.7 Å². The van der Waals surface area contributed by atoms with Crippen molar-refractivity contribution in [1.29, 1.82) is 0 Å². The minimum absolute atomic E-state index is 0.184. The largest absolute Gasteiger partial charge is 0.493 e. The third-order valence-electron chi connectivity index (χ3n) is 4.47. The van der Waals surface area contributed by atoms with Crippen molar-refractivity contribution in [3.63, 3.8) is 0 Å². The minimum atomic E-state index is -0.293. The van der Waals surface area contributed by atoms with Crippen LogP contribution in [-0.4, -0.2) is 38.0 Å². The maximum absolute atomic E-state index is 13.5. The van der Waals surface area contributed by atoms with Crippen LogP contribution in [0.4, 0.5) is 5.69 Å². The maximum atomic E-state index is 13.5. The molecular weight excluding hydrogens is 404 g/mol. The van der Waals surface area contributed by atoms with Gasteiger partial charge in [-0.2, -0.15) is 0 Å². The number of rotatable bonds is 8. The second-order valence-corrected chi connectivity index (χ2v) is 7.14. The average molecular weight is 426 g/mol. The van der Waals surface area contributed by atoms with E-state index in [0.29, 0.717) is 40.5 Å². The van der Waals surface area contributed by atoms with Crippen LogP contribution in [0.1, 0.15) is 29.3 Å². The van der Waals surface area contributed by atoms with Gasteiger partial charge in [-0.25, -0.2) is 4.98 Å². The molecule has 0 radical (unpaired) electrons. The number of hydrogen-bond donors (Lipinski definition) is 1. The molecule has 156 valence electrons. The first-order valence-electron chi connectivity index (χ1n) is 9.20. The summed E-state index contributed by atoms with van der Waals surface area (Å²) in [6.07, 6.45) is 2.00. The number of ketones is 1. The summed E-state index contributed by atoms with van der Waals surface area (Å²) < 4.78 is 16.1. The third kappa shape index (κ3) is 4.28. The number of thiazole rings is 1. The molecule has 0 atom stereocenters. The van der Waals surface area contributed by atoms with E-state index in [1.807, 2.05) is 11.4 Å². The standard InChI is InChI=1S/C22H22N2O5S/c1-5-19(25)24-16-7-6-13(22-23-8-9-30-22)10-15(16)20(26)14-11-17(27-2)21(29-4)18(12-14)28-3/h6-12H,5H2,1-4H3,(H,24,25). The van der Waals surface area contributed by atoms with Crippen molar-refractivity contribution in [2.45, 2.75) is 13.3 Å². The SMILES string of the molecule is CCC(=O)Nc1ccc(-c2nccs2)cc1C(=O)c1cc(OC)c(OC)c(OC)c1. The fourth-order valence-electron chi connectivity index (χ4n) is 2.95. The summed E-state index contributed by atoms with van der Waals surface area (Å²) in [6, 6.07) is 8.46. The van der Waals surface area contributed by atoms with E-state index < -0.39 is 0 Å². The molecule has 3 rings (SSSR count). The first-order valence-corrected chi connectivity index (χ1v) is 10.1. The smallest absolute Gasteiger partial charge is 0.224 e. The molecule has 0 saturated carbocycles. The molecule has 0 fully saturated rings. The molecule has 8 heteroatoms. The van der Waals surface area contributed by atoms with Crippen LogP contribution in [0.2, 0.25) is 0 Å². The zero-order chi connectivity index (χ0) is 21.7. The van der Waals surface area contributed by atoms with Crippen molar-refractivity contribution < 1.29 is 23.8 Å². The zero-order valence-corrected chi connectivity index (χ0v) is 18.0. The number of carbonyl (C=O) groups excluding carboxylic acids is 2. The highest BCUT2D eigenvalue weighted by Gasteiger charge is 2.21. The molecular formula is C22H22N2O5S. The molecule has 0 saturated heterocycles. The van der Waals surface area contributed by atoms with Crippen molar-refractivity contribution in [2.75, 3.05) is 26.6 Å². The first-order chi connectivity index (χ1) is 14.5. The second kappa shape index (κ2) is 9.41. The fourth-order valence-corrected chi connectivity index (χ4v) is 3.58. The minimum Gasteiger partial charge on any atom is -0.493 e. The number of amides is 1. The lowest BCUT2D eigenvalue weighted by Gasteiger charge is -2.15. The summed E-state index contributed by atoms with van der Waals surface area (Å²) >= 11 is 1.47. The number of anilines is 1. The third-order valence-corrected chi connectivity index (χ3v) is 5.29. The van der Waals surface area contributed by atoms with Crippen LogP contribution in [0.25, 0.3) is 10.6 Å². The Hall–Kier alpha value is -3.39. The predicted octanol–water partition coefficient (Wildman–Crippen LogP) is 4.42. The van der Waals surface area contributed by atoms with E-state index in [1.165, 1.54) is 32.7 Å². The Morgan fingerprint density at radius 1 is 1.03 bits per heavy atom. The molecule has 30 heavy (non-hydrogen) atoms. The number of carbonyl (C=O) groups is 2. The number of hydrogen-bond acceptors (Lipinski definition) is 7. The number of methoxy groups -OCH3 is 3. The lowest BCUT2D eigenvalue weighted by molar-refractivity contribution is -0.115. The Morgan fingerprint density at radius 3 is 2.27 bits per heavy atom. The molecule has 0 bridgehead atoms. The molecule has 1 N–H and O–H groups in total. The van der Waals surface area contributed by atoms with Crippen LogP contribution in [0.3, 0.4) is 0 Å². The van der Waals surface area contributed by atoms with E-state index in [2.05, 4.69) is 10.3 Å². The van der Waals surface area contributed by atoms with Crippen molar-refractivity contribution in [3.8, 4) is 27.8 Å². The van der Waals surface area contributed by atoms with Crippen molar-refractivity contribution in [3.05, 3.63) is 53.0 Å². The average Bonchev–Trinajstić information content (AvgIpc) is 3.32. The molecule has 7 nitrogen and oxygen atoms in total. The monoisotopic (exact) mass is 426 g/mol. The maximum Gasteiger partial charge on any atom is 0.224 e. The summed E-state index contributed by atoms with van der Waals surface area (Å²) in [5.41, 5.74) is 1.91. The Labute approximate surface area is 178 Å². The highest BCUT2D eigenvalue weighted by molar-refractivity contribution is 7.13. The Morgan fingerprint density at radius 2 is 1.73 bits per heavy atom. The number of nitrogens with one attached hydrogen (secondary N) is 1. The number of aromatic nitrogens is 1. The van der Waals surface area contributed by atoms with Gasteiger partial charge < -0.3 is 19.5 Å². The van der Waals surface area contributed by atoms with Gasteiger partial charge in [0.15, 0.2) is 17.3 Å². The molecule has 1 heterocycles. The summed E-state index contributed by atoms with van der Waals surface area (Å²) in [7, 11) is 4.47. The molecule has 3 aromatic rings. The van der Waals surface area contributed by atoms with E-state index >= 15 is 0 Å². The molecule has 0 aliphatic rings. The summed E-state index contributed by atoms with van der Waals surface area (Å²) in [4.78, 5) is 29.8. The van der Waals surface area contributed by atoms with Gasteiger partial charge >= 0.3 is 0 Å². The van der Waals surface area contributed by atoms with Crippen LogP contribution in [0, 0.1) is 0 Å². The van der Waals surface area contributed by atoms with Crippen molar-refractivity contribution in [2.24, 2.45) is 0 Å². The van der Waals surface area contributed by atoms with Crippen LogP contribution < -0.4 is 19.5 Å². The number of ether oxygens (including phenoxy) is 3. The lowest BCUT2D eigenvalue weighted by Crippen LogP contribution is -2.14. The van der Waals surface area contributed by atoms with E-state index in [9.17, 15) is 9.59 Å². The van der Waals surface area contributed by atoms with Crippen LogP contribution in [-0.2, 0) is 4.79 Å². The molecule has 1 amide bonds. The molecule has 0 unspecified atom stereocenters. The Kier molecular flexibility index (Phi) is 6.68. The van der Waals surface area contributed by atoms with Gasteiger partial charge in [-0.3, -0.25) is 9.59 Å². The predicted molar refractivity (Wildman–Crippen MR) is 116 cm³/mol. The van der Waals surface area contributed by atoms with E-state index in [0.717, 1.165) is 10.6 Å². The molecule has 2 aromatic carbocycles. The molecule has 0 aliphatic heterocycles. The Balaban J connectivity index is 2.13. The van der Waals surface area contributed by atoms with Gasteiger partial charge in [0.1, 0.15) is 5.01 Å². The van der Waals surface area contributed by atoms with Gasteiger partial charge in [0.25, 0.3) is 0 Å². The van der Waals surface area contributed by atoms with Gasteiger partial charge in [0.05, 0.1) is 27.0 Å². The lowest BCUT2D eigenvalue weighted by atomic mass is 9.98. The quantitative estimate of drug-likeness (QED) is 0.537. The van der Waals surface area contributed by atoms with E-state index in [4.69, 9.17) is 14.2 Å². The topological polar surface area (TPSA) is 86.8 Å². The molecule has 1 aromatic heterocycles. The van der Waals surface area contributed by atoms with Gasteiger partial charge in [-0.15, -0.1) is 11.3 Å². The summed E-state index contributed by atoms with van der Waals surface area (Å²) in [5.74, 6) is 0.661. The van der Waals surface area contributed by atoms with Gasteiger partial charge in [0, 0.05) is 34.7 Å². The van der Waals surface area contributed by atoms with Gasteiger partial charge in [-0.1, -0.05) is 6.92 Å². The normalized spacial score (nSPS) is 10.4. The highest BCUT2D eigenvalue weighted by Crippen LogP contribution is 2.39. The number of benzene rings is 2. The summed E-state index contributed by atoms with van der Waals surface area (Å²) in [6.45, 7) is 1.75. The molecule has 0 aliphatic carbocycles. The number of nitrogens with zero attached hydrogens (tertiary/aromatic N) is 1. The van der Waals surface area contributed by atoms with Crippen LogP contribution in [0.5, 0.6) is 17.2 Å². The first kappa shape index (κ1) is 21.3. The van der Waals surface area contributed by atoms with Crippen molar-refractivity contribution in [1.82, 2.24) is 4.98 Å². The van der Waals surface area contributed by atoms with Crippen molar-refractivity contribution >= 4 is 28.7 Å². The summed E-state index contributed by atoms with van der Waals surface area (Å²) in [5, 5.41) is 5.44.